The van der Waals surface area contributed by atoms with Gasteiger partial charge in [-0.05, 0) is 27.7 Å². The van der Waals surface area contributed by atoms with E-state index in [0.717, 1.165) is 13.1 Å². The largest absolute Gasteiger partial charge is 0.379 e. The summed E-state index contributed by atoms with van der Waals surface area (Å²) in [5.74, 6) is 0. The number of hydrogen-bond acceptors (Lipinski definition) is 10. The minimum Gasteiger partial charge on any atom is -0.379 e. The molecule has 1 aromatic rings. The summed E-state index contributed by atoms with van der Waals surface area (Å²) in [6.45, 7) is 11.8. The molecule has 1 N–H and O–H groups in total. The highest BCUT2D eigenvalue weighted by Gasteiger charge is 2.50. The maximum atomic E-state index is 12.6. The van der Waals surface area contributed by atoms with Crippen molar-refractivity contribution >= 4 is 8.53 Å². The van der Waals surface area contributed by atoms with Crippen molar-refractivity contribution in [2.24, 2.45) is 0 Å². The van der Waals surface area contributed by atoms with Crippen LogP contribution in [0, 0.1) is 11.3 Å². The van der Waals surface area contributed by atoms with Crippen molar-refractivity contribution < 1.29 is 23.3 Å². The summed E-state index contributed by atoms with van der Waals surface area (Å²) in [6.07, 6.45) is -0.818. The number of methoxy groups -OCH3 is 1. The predicted octanol–water partition coefficient (Wildman–Crippen LogP) is 1.44. The molecular weight excluding hydrogens is 489 g/mol. The van der Waals surface area contributed by atoms with Crippen LogP contribution in [-0.2, 0) is 23.3 Å². The van der Waals surface area contributed by atoms with Crippen LogP contribution in [0.15, 0.2) is 21.9 Å². The van der Waals surface area contributed by atoms with Crippen LogP contribution in [0.5, 0.6) is 0 Å². The molecule has 0 spiro atoms. The van der Waals surface area contributed by atoms with Crippen molar-refractivity contribution in [2.75, 3.05) is 46.6 Å². The molecule has 13 heteroatoms. The number of aromatic amines is 1. The van der Waals surface area contributed by atoms with E-state index in [1.165, 1.54) is 16.8 Å². The Morgan fingerprint density at radius 2 is 1.92 bits per heavy atom. The number of nitrogens with zero attached hydrogens (tertiary/aromatic N) is 4. The summed E-state index contributed by atoms with van der Waals surface area (Å²) in [5.41, 5.74) is -1.07. The van der Waals surface area contributed by atoms with Crippen molar-refractivity contribution in [3.63, 3.8) is 0 Å². The van der Waals surface area contributed by atoms with E-state index in [1.807, 2.05) is 0 Å². The molecule has 5 atom stereocenters. The van der Waals surface area contributed by atoms with Gasteiger partial charge in [-0.2, -0.15) is 5.26 Å². The van der Waals surface area contributed by atoms with Gasteiger partial charge in [0.25, 0.3) is 14.1 Å². The lowest BCUT2D eigenvalue weighted by molar-refractivity contribution is -0.0641. The molecule has 2 fully saturated rings. The van der Waals surface area contributed by atoms with Crippen LogP contribution in [0.4, 0.5) is 0 Å². The van der Waals surface area contributed by atoms with E-state index in [1.54, 1.807) is 7.11 Å². The first-order chi connectivity index (χ1) is 17.3. The number of morpholine rings is 1. The van der Waals surface area contributed by atoms with Crippen molar-refractivity contribution in [3.8, 4) is 6.07 Å². The van der Waals surface area contributed by atoms with Gasteiger partial charge in [0.05, 0.1) is 32.3 Å². The molecule has 3 unspecified atom stereocenters. The van der Waals surface area contributed by atoms with Gasteiger partial charge in [0.2, 0.25) is 0 Å². The fourth-order valence-electron chi connectivity index (χ4n) is 4.52. The Balaban J connectivity index is 1.94. The fourth-order valence-corrected chi connectivity index (χ4v) is 6.29. The second-order valence-corrected chi connectivity index (χ2v) is 10.7. The first-order valence-corrected chi connectivity index (χ1v) is 13.4. The van der Waals surface area contributed by atoms with Crippen LogP contribution in [0.25, 0.3) is 0 Å². The Hall–Kier alpha value is -1.68. The quantitative estimate of drug-likeness (QED) is 0.315. The van der Waals surface area contributed by atoms with Gasteiger partial charge in [-0.25, -0.2) is 9.46 Å². The number of rotatable bonds is 12. The van der Waals surface area contributed by atoms with E-state index in [0.29, 0.717) is 19.8 Å². The molecule has 2 saturated heterocycles. The highest BCUT2D eigenvalue weighted by atomic mass is 31.2. The molecular formula is C23H38N5O7P. The molecule has 12 nitrogen and oxygen atoms in total. The molecule has 2 aliphatic rings. The zero-order valence-corrected chi connectivity index (χ0v) is 22.6. The van der Waals surface area contributed by atoms with E-state index in [4.69, 9.17) is 28.5 Å². The maximum absolute atomic E-state index is 12.6. The third-order valence-corrected chi connectivity index (χ3v) is 8.23. The fraction of sp³-hybridized carbons (Fsp3) is 0.783. The highest BCUT2D eigenvalue weighted by molar-refractivity contribution is 7.44. The van der Waals surface area contributed by atoms with Crippen LogP contribution >= 0.6 is 8.53 Å². The first-order valence-electron chi connectivity index (χ1n) is 12.3. The third kappa shape index (κ3) is 7.21. The summed E-state index contributed by atoms with van der Waals surface area (Å²) in [7, 11) is -0.0264. The molecule has 0 radical (unpaired) electrons. The lowest BCUT2D eigenvalue weighted by atomic mass is 10.1. The summed E-state index contributed by atoms with van der Waals surface area (Å²) >= 11 is 0. The first kappa shape index (κ1) is 28.9. The van der Waals surface area contributed by atoms with Gasteiger partial charge in [-0.1, -0.05) is 0 Å². The SMILES string of the molecule is COC1C(OP(OCCC#N)N(C(C)C)C(C)C)[C@@H](CN2CCOCC2)O[C@H]1n1ccc(=O)[nH]c1=O. The molecule has 0 aliphatic carbocycles. The Bertz CT molecular complexity index is 967. The molecule has 0 aromatic carbocycles. The summed E-state index contributed by atoms with van der Waals surface area (Å²) < 4.78 is 34.0. The Morgan fingerprint density at radius 3 is 2.50 bits per heavy atom. The smallest absolute Gasteiger partial charge is 0.330 e. The molecule has 1 aromatic heterocycles. The molecule has 3 rings (SSSR count). The number of ether oxygens (including phenoxy) is 3. The van der Waals surface area contributed by atoms with Gasteiger partial charge in [-0.3, -0.25) is 19.2 Å². The standard InChI is InChI=1S/C23H38N5O7P/c1-16(2)28(17(3)4)36(33-12-6-8-24)35-20-18(15-26-10-13-32-14-11-26)34-22(21(20)31-5)27-9-7-19(29)25-23(27)30/h7,9,16-18,20-22H,6,10-15H2,1-5H3,(H,25,29,30)/t18-,20?,21?,22-,36?/m1/s1. The van der Waals surface area contributed by atoms with Crippen molar-refractivity contribution in [3.05, 3.63) is 33.1 Å². The summed E-state index contributed by atoms with van der Waals surface area (Å²) in [5, 5.41) is 9.04. The third-order valence-electron chi connectivity index (χ3n) is 6.10. The normalized spacial score (nSPS) is 26.1. The second kappa shape index (κ2) is 13.7. The number of nitrogens with one attached hydrogen (secondary N) is 1. The van der Waals surface area contributed by atoms with Crippen LogP contribution in [-0.4, -0.2) is 96.1 Å². The van der Waals surface area contributed by atoms with Crippen molar-refractivity contribution in [1.29, 1.82) is 5.26 Å². The molecule has 36 heavy (non-hydrogen) atoms. The summed E-state index contributed by atoms with van der Waals surface area (Å²) in [4.78, 5) is 28.8. The van der Waals surface area contributed by atoms with E-state index < -0.39 is 44.3 Å². The molecule has 2 aliphatic heterocycles. The molecule has 3 heterocycles. The van der Waals surface area contributed by atoms with Gasteiger partial charge in [0.15, 0.2) is 6.23 Å². The number of hydrogen-bond donors (Lipinski definition) is 1. The van der Waals surface area contributed by atoms with Crippen molar-refractivity contribution in [2.45, 2.75) is 70.7 Å². The van der Waals surface area contributed by atoms with Crippen LogP contribution in [0.3, 0.4) is 0 Å². The summed E-state index contributed by atoms with van der Waals surface area (Å²) in [6, 6.07) is 3.63. The topological polar surface area (TPSA) is 131 Å². The van der Waals surface area contributed by atoms with E-state index in [9.17, 15) is 9.59 Å². The van der Waals surface area contributed by atoms with E-state index in [2.05, 4.69) is 48.3 Å². The molecule has 0 bridgehead atoms. The number of H-pyrrole nitrogens is 1. The van der Waals surface area contributed by atoms with Crippen molar-refractivity contribution in [1.82, 2.24) is 19.1 Å². The van der Waals surface area contributed by atoms with Gasteiger partial charge in [-0.15, -0.1) is 0 Å². The second-order valence-electron chi connectivity index (χ2n) is 9.31. The van der Waals surface area contributed by atoms with Gasteiger partial charge < -0.3 is 23.3 Å². The zero-order valence-electron chi connectivity index (χ0n) is 21.7. The predicted molar refractivity (Wildman–Crippen MR) is 133 cm³/mol. The minimum atomic E-state index is -1.57. The molecule has 0 saturated carbocycles. The lowest BCUT2D eigenvalue weighted by Gasteiger charge is -2.38. The van der Waals surface area contributed by atoms with Gasteiger partial charge in [0, 0.05) is 51.1 Å². The minimum absolute atomic E-state index is 0.122. The lowest BCUT2D eigenvalue weighted by Crippen LogP contribution is -2.46. The number of nitriles is 1. The Labute approximate surface area is 213 Å². The molecule has 202 valence electrons. The van der Waals surface area contributed by atoms with Gasteiger partial charge >= 0.3 is 5.69 Å². The monoisotopic (exact) mass is 527 g/mol. The highest BCUT2D eigenvalue weighted by Crippen LogP contribution is 2.50. The zero-order chi connectivity index (χ0) is 26.2. The number of aromatic nitrogens is 2. The Kier molecular flexibility index (Phi) is 11.0. The molecule has 0 amide bonds. The van der Waals surface area contributed by atoms with Crippen LogP contribution in [0.1, 0.15) is 40.3 Å². The van der Waals surface area contributed by atoms with Gasteiger partial charge in [0.1, 0.15) is 18.3 Å². The van der Waals surface area contributed by atoms with Crippen LogP contribution < -0.4 is 11.2 Å². The average Bonchev–Trinajstić information content (AvgIpc) is 3.15. The van der Waals surface area contributed by atoms with Crippen LogP contribution in [0.2, 0.25) is 0 Å². The van der Waals surface area contributed by atoms with E-state index in [-0.39, 0.29) is 25.1 Å². The maximum Gasteiger partial charge on any atom is 0.330 e. The Morgan fingerprint density at radius 1 is 1.22 bits per heavy atom. The average molecular weight is 528 g/mol. The van der Waals surface area contributed by atoms with E-state index >= 15 is 0 Å².